The van der Waals surface area contributed by atoms with E-state index in [9.17, 15) is 18.8 Å². The molecular formula is C19H23FN6O3. The number of hydrogen-bond donors (Lipinski definition) is 1. The molecular weight excluding hydrogens is 379 g/mol. The van der Waals surface area contributed by atoms with Crippen molar-refractivity contribution in [3.8, 4) is 0 Å². The number of amides is 3. The lowest BCUT2D eigenvalue weighted by Crippen LogP contribution is -2.42. The minimum absolute atomic E-state index is 0.000929. The average Bonchev–Trinajstić information content (AvgIpc) is 3.33. The molecule has 1 aromatic carbocycles. The summed E-state index contributed by atoms with van der Waals surface area (Å²) in [5, 5.41) is 3.94. The van der Waals surface area contributed by atoms with Crippen LogP contribution in [0.15, 0.2) is 29.1 Å². The maximum atomic E-state index is 13.9. The predicted octanol–water partition coefficient (Wildman–Crippen LogP) is 0.674. The van der Waals surface area contributed by atoms with E-state index in [4.69, 9.17) is 0 Å². The Morgan fingerprint density at radius 1 is 1.24 bits per heavy atom. The fraction of sp³-hybridized carbons (Fsp3) is 0.474. The van der Waals surface area contributed by atoms with E-state index in [0.29, 0.717) is 25.2 Å². The Bertz CT molecular complexity index is 1020. The van der Waals surface area contributed by atoms with Gasteiger partial charge in [-0.05, 0) is 17.7 Å². The summed E-state index contributed by atoms with van der Waals surface area (Å²) in [5.41, 5.74) is 0.265. The van der Waals surface area contributed by atoms with Gasteiger partial charge in [0.1, 0.15) is 5.82 Å². The van der Waals surface area contributed by atoms with Crippen molar-refractivity contribution in [1.82, 2.24) is 29.5 Å². The summed E-state index contributed by atoms with van der Waals surface area (Å²) in [5.74, 6) is -0.673. The first-order valence-electron chi connectivity index (χ1n) is 9.42. The number of aromatic nitrogens is 3. The molecule has 2 aliphatic rings. The number of aromatic amines is 1. The summed E-state index contributed by atoms with van der Waals surface area (Å²) in [6, 6.07) is 5.80. The van der Waals surface area contributed by atoms with E-state index in [1.807, 2.05) is 6.07 Å². The Kier molecular flexibility index (Phi) is 4.64. The molecule has 10 heteroatoms. The van der Waals surface area contributed by atoms with Crippen molar-refractivity contribution in [3.63, 3.8) is 0 Å². The lowest BCUT2D eigenvalue weighted by atomic mass is 9.89. The molecule has 0 radical (unpaired) electrons. The first-order valence-corrected chi connectivity index (χ1v) is 9.42. The van der Waals surface area contributed by atoms with Gasteiger partial charge in [0.2, 0.25) is 5.82 Å². The van der Waals surface area contributed by atoms with Crippen LogP contribution >= 0.6 is 0 Å². The van der Waals surface area contributed by atoms with Crippen LogP contribution in [0.3, 0.4) is 0 Å². The van der Waals surface area contributed by atoms with Crippen LogP contribution in [0.4, 0.5) is 9.18 Å². The van der Waals surface area contributed by atoms with Crippen molar-refractivity contribution in [2.75, 3.05) is 33.7 Å². The first-order chi connectivity index (χ1) is 13.8. The van der Waals surface area contributed by atoms with Gasteiger partial charge in [0.05, 0.1) is 6.04 Å². The highest BCUT2D eigenvalue weighted by molar-refractivity contribution is 5.90. The van der Waals surface area contributed by atoms with E-state index in [0.717, 1.165) is 4.68 Å². The van der Waals surface area contributed by atoms with E-state index < -0.39 is 5.69 Å². The van der Waals surface area contributed by atoms with Crippen LogP contribution in [-0.4, -0.2) is 75.1 Å². The summed E-state index contributed by atoms with van der Waals surface area (Å²) in [6.45, 7) is 1.33. The third-order valence-electron chi connectivity index (χ3n) is 5.74. The standard InChI is InChI=1S/C19H23FN6O3/c1-23(2)19(29)26-9-12-8-25(17(27)16-21-18(28)24(3)22-16)10-14(12)15(26)11-5-4-6-13(20)7-11/h4-7,12,14-15H,8-10H2,1-3H3,(H,21,22,28)/t12-,14-,15-/m1/s1. The molecule has 2 fully saturated rings. The van der Waals surface area contributed by atoms with Crippen molar-refractivity contribution in [1.29, 1.82) is 0 Å². The number of aryl methyl sites for hydroxylation is 1. The van der Waals surface area contributed by atoms with Crippen LogP contribution in [0.5, 0.6) is 0 Å². The van der Waals surface area contributed by atoms with E-state index in [1.165, 1.54) is 24.1 Å². The van der Waals surface area contributed by atoms with Crippen LogP contribution < -0.4 is 5.69 Å². The molecule has 0 saturated carbocycles. The maximum absolute atomic E-state index is 13.9. The van der Waals surface area contributed by atoms with Crippen molar-refractivity contribution in [2.24, 2.45) is 18.9 Å². The van der Waals surface area contributed by atoms with Crippen molar-refractivity contribution in [2.45, 2.75) is 6.04 Å². The monoisotopic (exact) mass is 402 g/mol. The van der Waals surface area contributed by atoms with Gasteiger partial charge < -0.3 is 14.7 Å². The fourth-order valence-electron chi connectivity index (χ4n) is 4.43. The highest BCUT2D eigenvalue weighted by Gasteiger charge is 2.50. The first kappa shape index (κ1) is 19.2. The molecule has 3 heterocycles. The number of hydrogen-bond acceptors (Lipinski definition) is 4. The number of nitrogens with zero attached hydrogens (tertiary/aromatic N) is 5. The zero-order valence-corrected chi connectivity index (χ0v) is 16.5. The highest BCUT2D eigenvalue weighted by atomic mass is 19.1. The van der Waals surface area contributed by atoms with Gasteiger partial charge in [-0.1, -0.05) is 12.1 Å². The molecule has 29 heavy (non-hydrogen) atoms. The molecule has 1 N–H and O–H groups in total. The Hall–Kier alpha value is -3.17. The number of carbonyl (C=O) groups is 2. The third kappa shape index (κ3) is 3.28. The minimum Gasteiger partial charge on any atom is -0.335 e. The van der Waals surface area contributed by atoms with Gasteiger partial charge in [-0.15, -0.1) is 5.10 Å². The van der Waals surface area contributed by atoms with E-state index in [2.05, 4.69) is 10.1 Å². The van der Waals surface area contributed by atoms with Crippen LogP contribution in [0, 0.1) is 17.7 Å². The maximum Gasteiger partial charge on any atom is 0.343 e. The Morgan fingerprint density at radius 3 is 2.62 bits per heavy atom. The number of carbonyl (C=O) groups excluding carboxylic acids is 2. The number of H-pyrrole nitrogens is 1. The highest BCUT2D eigenvalue weighted by Crippen LogP contribution is 2.45. The summed E-state index contributed by atoms with van der Waals surface area (Å²) < 4.78 is 15.0. The largest absolute Gasteiger partial charge is 0.343 e. The lowest BCUT2D eigenvalue weighted by molar-refractivity contribution is 0.0754. The zero-order chi connectivity index (χ0) is 20.9. The number of fused-ring (bicyclic) bond motifs is 1. The normalized spacial score (nSPS) is 23.4. The molecule has 9 nitrogen and oxygen atoms in total. The fourth-order valence-corrected chi connectivity index (χ4v) is 4.43. The molecule has 2 aliphatic heterocycles. The van der Waals surface area contributed by atoms with Gasteiger partial charge in [-0.2, -0.15) is 0 Å². The summed E-state index contributed by atoms with van der Waals surface area (Å²) in [7, 11) is 4.84. The third-order valence-corrected chi connectivity index (χ3v) is 5.74. The van der Waals surface area contributed by atoms with Crippen LogP contribution in [-0.2, 0) is 7.05 Å². The summed E-state index contributed by atoms with van der Waals surface area (Å²) in [4.78, 5) is 44.5. The van der Waals surface area contributed by atoms with Gasteiger partial charge in [0, 0.05) is 52.6 Å². The molecule has 0 spiro atoms. The van der Waals surface area contributed by atoms with E-state index >= 15 is 0 Å². The smallest absolute Gasteiger partial charge is 0.335 e. The Labute approximate surface area is 166 Å². The van der Waals surface area contributed by atoms with E-state index in [-0.39, 0.29) is 41.5 Å². The van der Waals surface area contributed by atoms with Gasteiger partial charge in [0.25, 0.3) is 5.91 Å². The summed E-state index contributed by atoms with van der Waals surface area (Å²) in [6.07, 6.45) is 0. The molecule has 0 bridgehead atoms. The second-order valence-electron chi connectivity index (χ2n) is 7.87. The van der Waals surface area contributed by atoms with Crippen LogP contribution in [0.2, 0.25) is 0 Å². The number of nitrogens with one attached hydrogen (secondary N) is 1. The van der Waals surface area contributed by atoms with Gasteiger partial charge in [-0.3, -0.25) is 9.78 Å². The Balaban J connectivity index is 1.62. The molecule has 2 saturated heterocycles. The molecule has 0 unspecified atom stereocenters. The molecule has 0 aliphatic carbocycles. The number of urea groups is 1. The average molecular weight is 402 g/mol. The van der Waals surface area contributed by atoms with Crippen LogP contribution in [0.1, 0.15) is 22.2 Å². The topological polar surface area (TPSA) is 94.5 Å². The van der Waals surface area contributed by atoms with Gasteiger partial charge in [-0.25, -0.2) is 18.7 Å². The molecule has 3 atom stereocenters. The quantitative estimate of drug-likeness (QED) is 0.799. The molecule has 2 aromatic rings. The van der Waals surface area contributed by atoms with Crippen molar-refractivity contribution in [3.05, 3.63) is 52.0 Å². The molecule has 154 valence electrons. The van der Waals surface area contributed by atoms with E-state index in [1.54, 1.807) is 30.0 Å². The number of likely N-dealkylation sites (tertiary alicyclic amines) is 2. The van der Waals surface area contributed by atoms with Crippen molar-refractivity contribution < 1.29 is 14.0 Å². The lowest BCUT2D eigenvalue weighted by Gasteiger charge is -2.31. The predicted molar refractivity (Wildman–Crippen MR) is 102 cm³/mol. The van der Waals surface area contributed by atoms with Gasteiger partial charge >= 0.3 is 11.7 Å². The number of halogens is 1. The van der Waals surface area contributed by atoms with Crippen molar-refractivity contribution >= 4 is 11.9 Å². The molecule has 1 aromatic heterocycles. The number of benzene rings is 1. The summed E-state index contributed by atoms with van der Waals surface area (Å²) >= 11 is 0. The molecule has 4 rings (SSSR count). The Morgan fingerprint density at radius 2 is 2.00 bits per heavy atom. The second kappa shape index (κ2) is 7.02. The molecule has 3 amide bonds. The minimum atomic E-state index is -0.451. The number of rotatable bonds is 2. The zero-order valence-electron chi connectivity index (χ0n) is 16.5. The van der Waals surface area contributed by atoms with Gasteiger partial charge in [0.15, 0.2) is 0 Å². The second-order valence-corrected chi connectivity index (χ2v) is 7.87. The SMILES string of the molecule is CN(C)C(=O)N1C[C@H]2CN(C(=O)c3nn(C)c(=O)[nH]3)C[C@H]2[C@H]1c1cccc(F)c1. The van der Waals surface area contributed by atoms with Crippen LogP contribution in [0.25, 0.3) is 0 Å².